The van der Waals surface area contributed by atoms with Crippen LogP contribution in [-0.2, 0) is 4.74 Å². The van der Waals surface area contributed by atoms with Gasteiger partial charge in [0, 0.05) is 29.8 Å². The molecule has 0 saturated carbocycles. The minimum absolute atomic E-state index is 0.0275. The Kier molecular flexibility index (Phi) is 7.08. The lowest BCUT2D eigenvalue weighted by Gasteiger charge is -2.45. The Morgan fingerprint density at radius 1 is 1.11 bits per heavy atom. The fraction of sp³-hybridized carbons (Fsp3) is 0.345. The van der Waals surface area contributed by atoms with Crippen LogP contribution in [0.2, 0.25) is 5.02 Å². The molecule has 0 unspecified atom stereocenters. The molecule has 7 heteroatoms. The van der Waals surface area contributed by atoms with Gasteiger partial charge in [0.25, 0.3) is 0 Å². The van der Waals surface area contributed by atoms with Crippen molar-refractivity contribution in [1.82, 2.24) is 4.98 Å². The molecule has 0 aliphatic carbocycles. The van der Waals surface area contributed by atoms with E-state index < -0.39 is 0 Å². The standard InChI is InChI=1S/C29H29ClN2O4/c1-28(2)14-18(15-29(3,4)36-28)12-24(33)19-8-10-26(23(30)13-19)35-25-7-5-6-21(22(25)16-31)20-9-11-27(34)32-17-20/h5-11,13,17-18H,12,14-15H2,1-4H3,(H,32,34). The van der Waals surface area contributed by atoms with E-state index in [9.17, 15) is 14.9 Å². The number of carbonyl (C=O) groups excluding carboxylic acids is 1. The number of Topliss-reactive ketones (excluding diaryl/α,β-unsaturated/α-hetero) is 1. The van der Waals surface area contributed by atoms with E-state index in [1.54, 1.807) is 48.7 Å². The monoisotopic (exact) mass is 504 g/mol. The zero-order chi connectivity index (χ0) is 26.1. The third kappa shape index (κ3) is 5.87. The predicted octanol–water partition coefficient (Wildman–Crippen LogP) is 6.92. The molecular weight excluding hydrogens is 476 g/mol. The number of nitrogens with zero attached hydrogens (tertiary/aromatic N) is 1. The summed E-state index contributed by atoms with van der Waals surface area (Å²) in [6, 6.07) is 15.4. The summed E-state index contributed by atoms with van der Waals surface area (Å²) in [6.45, 7) is 8.26. The maximum absolute atomic E-state index is 13.1. The molecule has 1 aliphatic rings. The van der Waals surface area contributed by atoms with Gasteiger partial charge in [0.2, 0.25) is 5.56 Å². The number of carbonyl (C=O) groups is 1. The maximum Gasteiger partial charge on any atom is 0.247 e. The summed E-state index contributed by atoms with van der Waals surface area (Å²) in [5, 5.41) is 10.1. The highest BCUT2D eigenvalue weighted by atomic mass is 35.5. The summed E-state index contributed by atoms with van der Waals surface area (Å²) in [7, 11) is 0. The van der Waals surface area contributed by atoms with Gasteiger partial charge >= 0.3 is 0 Å². The van der Waals surface area contributed by atoms with Crippen molar-refractivity contribution in [2.24, 2.45) is 5.92 Å². The Morgan fingerprint density at radius 2 is 1.83 bits per heavy atom. The minimum atomic E-state index is -0.274. The molecule has 1 aliphatic heterocycles. The average Bonchev–Trinajstić information content (AvgIpc) is 2.78. The SMILES string of the molecule is CC1(C)CC(CC(=O)c2ccc(Oc3cccc(-c4ccc(=O)[nH]c4)c3C#N)c(Cl)c2)CC(C)(C)O1. The fourth-order valence-electron chi connectivity index (χ4n) is 5.24. The molecule has 0 spiro atoms. The first-order valence-electron chi connectivity index (χ1n) is 11.9. The maximum atomic E-state index is 13.1. The molecular formula is C29H29ClN2O4. The van der Waals surface area contributed by atoms with Gasteiger partial charge in [0.05, 0.1) is 16.2 Å². The van der Waals surface area contributed by atoms with E-state index in [0.29, 0.717) is 40.2 Å². The number of H-pyrrole nitrogens is 1. The highest BCUT2D eigenvalue weighted by Crippen LogP contribution is 2.41. The van der Waals surface area contributed by atoms with Crippen LogP contribution in [0.5, 0.6) is 11.5 Å². The number of pyridine rings is 1. The van der Waals surface area contributed by atoms with Crippen molar-refractivity contribution in [2.75, 3.05) is 0 Å². The predicted molar refractivity (Wildman–Crippen MR) is 140 cm³/mol. The number of aromatic amines is 1. The van der Waals surface area contributed by atoms with Gasteiger partial charge in [-0.05, 0) is 82.3 Å². The Labute approximate surface area is 215 Å². The van der Waals surface area contributed by atoms with Crippen LogP contribution >= 0.6 is 11.6 Å². The van der Waals surface area contributed by atoms with Gasteiger partial charge in [-0.25, -0.2) is 0 Å². The van der Waals surface area contributed by atoms with E-state index in [-0.39, 0.29) is 33.5 Å². The third-order valence-corrected chi connectivity index (χ3v) is 6.59. The molecule has 2 aromatic carbocycles. The minimum Gasteiger partial charge on any atom is -0.454 e. The van der Waals surface area contributed by atoms with Crippen LogP contribution in [0.3, 0.4) is 0 Å². The molecule has 1 saturated heterocycles. The molecule has 1 fully saturated rings. The number of nitriles is 1. The van der Waals surface area contributed by atoms with Gasteiger partial charge in [-0.15, -0.1) is 0 Å². The van der Waals surface area contributed by atoms with Gasteiger partial charge in [-0.2, -0.15) is 5.26 Å². The van der Waals surface area contributed by atoms with Gasteiger partial charge in [0.1, 0.15) is 23.1 Å². The molecule has 2 heterocycles. The summed E-state index contributed by atoms with van der Waals surface area (Å²) in [5.41, 5.74) is 1.37. The number of nitrogens with one attached hydrogen (secondary N) is 1. The smallest absolute Gasteiger partial charge is 0.247 e. The normalized spacial score (nSPS) is 16.8. The van der Waals surface area contributed by atoms with Crippen LogP contribution in [0.1, 0.15) is 62.9 Å². The number of aromatic nitrogens is 1. The summed E-state index contributed by atoms with van der Waals surface area (Å²) in [6.07, 6.45) is 3.61. The van der Waals surface area contributed by atoms with E-state index in [2.05, 4.69) is 38.7 Å². The van der Waals surface area contributed by atoms with E-state index in [1.807, 2.05) is 0 Å². The first-order chi connectivity index (χ1) is 17.0. The molecule has 0 bridgehead atoms. The molecule has 3 aromatic rings. The highest BCUT2D eigenvalue weighted by Gasteiger charge is 2.39. The van der Waals surface area contributed by atoms with Gasteiger partial charge in [-0.1, -0.05) is 23.7 Å². The van der Waals surface area contributed by atoms with Gasteiger partial charge < -0.3 is 14.5 Å². The largest absolute Gasteiger partial charge is 0.454 e. The molecule has 0 radical (unpaired) electrons. The number of rotatable bonds is 6. The molecule has 1 aromatic heterocycles. The summed E-state index contributed by atoms with van der Waals surface area (Å²) in [4.78, 5) is 27.1. The van der Waals surface area contributed by atoms with Crippen molar-refractivity contribution in [3.63, 3.8) is 0 Å². The molecule has 4 rings (SSSR count). The van der Waals surface area contributed by atoms with Crippen molar-refractivity contribution in [3.8, 4) is 28.7 Å². The van der Waals surface area contributed by atoms with E-state index in [4.69, 9.17) is 21.1 Å². The van der Waals surface area contributed by atoms with Crippen LogP contribution in [-0.4, -0.2) is 22.0 Å². The van der Waals surface area contributed by atoms with Gasteiger partial charge in [0.15, 0.2) is 5.78 Å². The molecule has 186 valence electrons. The fourth-order valence-corrected chi connectivity index (χ4v) is 5.46. The van der Waals surface area contributed by atoms with Gasteiger partial charge in [-0.3, -0.25) is 9.59 Å². The number of ether oxygens (including phenoxy) is 2. The number of benzene rings is 2. The molecule has 1 N–H and O–H groups in total. The lowest BCUT2D eigenvalue weighted by Crippen LogP contribution is -2.45. The number of ketones is 1. The van der Waals surface area contributed by atoms with Crippen molar-refractivity contribution < 1.29 is 14.3 Å². The summed E-state index contributed by atoms with van der Waals surface area (Å²) >= 11 is 6.51. The highest BCUT2D eigenvalue weighted by molar-refractivity contribution is 6.32. The first kappa shape index (κ1) is 25.7. The van der Waals surface area contributed by atoms with Crippen molar-refractivity contribution in [2.45, 2.75) is 58.2 Å². The molecule has 36 heavy (non-hydrogen) atoms. The molecule has 0 atom stereocenters. The number of hydrogen-bond donors (Lipinski definition) is 1. The Morgan fingerprint density at radius 3 is 2.44 bits per heavy atom. The second-order valence-electron chi connectivity index (χ2n) is 10.5. The second kappa shape index (κ2) is 9.93. The zero-order valence-electron chi connectivity index (χ0n) is 20.9. The quantitative estimate of drug-likeness (QED) is 0.368. The van der Waals surface area contributed by atoms with Crippen LogP contribution in [0, 0.1) is 17.2 Å². The average molecular weight is 505 g/mol. The molecule has 6 nitrogen and oxygen atoms in total. The Hall–Kier alpha value is -3.40. The topological polar surface area (TPSA) is 92.2 Å². The van der Waals surface area contributed by atoms with Crippen LogP contribution in [0.15, 0.2) is 59.5 Å². The van der Waals surface area contributed by atoms with E-state index in [1.165, 1.54) is 6.07 Å². The number of halogens is 1. The van der Waals surface area contributed by atoms with E-state index in [0.717, 1.165) is 12.8 Å². The zero-order valence-corrected chi connectivity index (χ0v) is 21.6. The summed E-state index contributed by atoms with van der Waals surface area (Å²) in [5.74, 6) is 0.921. The lowest BCUT2D eigenvalue weighted by molar-refractivity contribution is -0.171. The van der Waals surface area contributed by atoms with Crippen LogP contribution in [0.25, 0.3) is 11.1 Å². The number of hydrogen-bond acceptors (Lipinski definition) is 5. The van der Waals surface area contributed by atoms with Crippen LogP contribution < -0.4 is 10.3 Å². The second-order valence-corrected chi connectivity index (χ2v) is 10.9. The third-order valence-electron chi connectivity index (χ3n) is 6.29. The van der Waals surface area contributed by atoms with E-state index >= 15 is 0 Å². The van der Waals surface area contributed by atoms with Crippen molar-refractivity contribution >= 4 is 17.4 Å². The Bertz CT molecular complexity index is 1360. The van der Waals surface area contributed by atoms with Crippen molar-refractivity contribution in [3.05, 3.63) is 81.2 Å². The summed E-state index contributed by atoms with van der Waals surface area (Å²) < 4.78 is 12.1. The molecule has 0 amide bonds. The Balaban J connectivity index is 1.53. The first-order valence-corrected chi connectivity index (χ1v) is 12.3. The lowest BCUT2D eigenvalue weighted by atomic mass is 9.78. The van der Waals surface area contributed by atoms with Crippen molar-refractivity contribution in [1.29, 1.82) is 5.26 Å². The van der Waals surface area contributed by atoms with Crippen LogP contribution in [0.4, 0.5) is 0 Å².